The normalized spacial score (nSPS) is 17.5. The monoisotopic (exact) mass is 309 g/mol. The van der Waals surface area contributed by atoms with Crippen LogP contribution in [0.2, 0.25) is 0 Å². The first-order chi connectivity index (χ1) is 10.1. The molecule has 1 amide bonds. The first-order valence-electron chi connectivity index (χ1n) is 7.04. The second kappa shape index (κ2) is 7.31. The predicted molar refractivity (Wildman–Crippen MR) is 85.1 cm³/mol. The van der Waals surface area contributed by atoms with E-state index in [0.29, 0.717) is 29.6 Å². The second-order valence-corrected chi connectivity index (χ2v) is 6.27. The first-order valence-corrected chi connectivity index (χ1v) is 8.08. The molecule has 21 heavy (non-hydrogen) atoms. The number of nitrogens with one attached hydrogen (secondary N) is 2. The van der Waals surface area contributed by atoms with Gasteiger partial charge in [-0.3, -0.25) is 14.9 Å². The Morgan fingerprint density at radius 2 is 2.33 bits per heavy atom. The van der Waals surface area contributed by atoms with Crippen LogP contribution < -0.4 is 10.6 Å². The molecule has 1 unspecified atom stereocenters. The number of benzene rings is 1. The Labute approximate surface area is 127 Å². The van der Waals surface area contributed by atoms with Crippen LogP contribution in [-0.4, -0.2) is 34.9 Å². The number of amides is 1. The number of hydrogen-bond donors (Lipinski definition) is 2. The summed E-state index contributed by atoms with van der Waals surface area (Å²) in [7, 11) is 0. The molecule has 2 N–H and O–H groups in total. The maximum absolute atomic E-state index is 11.7. The molecule has 0 spiro atoms. The first kappa shape index (κ1) is 15.6. The van der Waals surface area contributed by atoms with Gasteiger partial charge in [0.15, 0.2) is 0 Å². The Morgan fingerprint density at radius 3 is 2.95 bits per heavy atom. The van der Waals surface area contributed by atoms with Crippen molar-refractivity contribution >= 4 is 29.0 Å². The van der Waals surface area contributed by atoms with Crippen molar-refractivity contribution in [2.24, 2.45) is 0 Å². The lowest BCUT2D eigenvalue weighted by Gasteiger charge is -2.12. The minimum Gasteiger partial charge on any atom is -0.378 e. The minimum absolute atomic E-state index is 0.0539. The Hall–Kier alpha value is -1.76. The molecule has 1 heterocycles. The largest absolute Gasteiger partial charge is 0.378 e. The lowest BCUT2D eigenvalue weighted by molar-refractivity contribution is -0.384. The van der Waals surface area contributed by atoms with Gasteiger partial charge in [-0.05, 0) is 37.7 Å². The van der Waals surface area contributed by atoms with Crippen molar-refractivity contribution < 1.29 is 9.72 Å². The third-order valence-corrected chi connectivity index (χ3v) is 4.74. The molecule has 0 aliphatic carbocycles. The maximum atomic E-state index is 11.7. The van der Waals surface area contributed by atoms with E-state index in [1.807, 2.05) is 18.7 Å². The number of rotatable bonds is 6. The highest BCUT2D eigenvalue weighted by Gasteiger charge is 2.20. The summed E-state index contributed by atoms with van der Waals surface area (Å²) in [4.78, 5) is 22.5. The molecule has 0 bridgehead atoms. The quantitative estimate of drug-likeness (QED) is 0.623. The van der Waals surface area contributed by atoms with Gasteiger partial charge >= 0.3 is 0 Å². The van der Waals surface area contributed by atoms with E-state index in [-0.39, 0.29) is 11.6 Å². The molecule has 1 aromatic carbocycles. The summed E-state index contributed by atoms with van der Waals surface area (Å²) >= 11 is 1.89. The second-order valence-electron chi connectivity index (χ2n) is 4.86. The fraction of sp³-hybridized carbons (Fsp3) is 0.500. The van der Waals surface area contributed by atoms with Crippen molar-refractivity contribution in [1.29, 1.82) is 0 Å². The number of carbonyl (C=O) groups is 1. The molecule has 114 valence electrons. The Balaban J connectivity index is 2.12. The highest BCUT2D eigenvalue weighted by molar-refractivity contribution is 8.00. The maximum Gasteiger partial charge on any atom is 0.293 e. The SMILES string of the molecule is CCNC(=O)c1ccc(NCC2CCCS2)c([N+](=O)[O-])c1. The smallest absolute Gasteiger partial charge is 0.293 e. The Bertz CT molecular complexity index is 530. The zero-order valence-corrected chi connectivity index (χ0v) is 12.7. The summed E-state index contributed by atoms with van der Waals surface area (Å²) in [6.45, 7) is 3.01. The minimum atomic E-state index is -0.452. The van der Waals surface area contributed by atoms with Crippen LogP contribution in [0.25, 0.3) is 0 Å². The molecule has 0 radical (unpaired) electrons. The summed E-state index contributed by atoms with van der Waals surface area (Å²) < 4.78 is 0. The van der Waals surface area contributed by atoms with Crippen molar-refractivity contribution in [3.63, 3.8) is 0 Å². The number of thioether (sulfide) groups is 1. The summed E-state index contributed by atoms with van der Waals surface area (Å²) in [5, 5.41) is 17.5. The number of nitro benzene ring substituents is 1. The van der Waals surface area contributed by atoms with Gasteiger partial charge in [0.05, 0.1) is 4.92 Å². The molecule has 1 aliphatic rings. The van der Waals surface area contributed by atoms with Gasteiger partial charge in [0.2, 0.25) is 0 Å². The molecule has 1 aliphatic heterocycles. The Morgan fingerprint density at radius 1 is 1.52 bits per heavy atom. The van der Waals surface area contributed by atoms with E-state index in [1.165, 1.54) is 12.5 Å². The van der Waals surface area contributed by atoms with Crippen LogP contribution in [0.1, 0.15) is 30.1 Å². The highest BCUT2D eigenvalue weighted by atomic mass is 32.2. The van der Waals surface area contributed by atoms with Crippen LogP contribution in [0.4, 0.5) is 11.4 Å². The van der Waals surface area contributed by atoms with E-state index in [2.05, 4.69) is 10.6 Å². The molecule has 6 nitrogen and oxygen atoms in total. The van der Waals surface area contributed by atoms with Gasteiger partial charge in [0.1, 0.15) is 5.69 Å². The average Bonchev–Trinajstić information content (AvgIpc) is 2.98. The van der Waals surface area contributed by atoms with E-state index < -0.39 is 4.92 Å². The van der Waals surface area contributed by atoms with Crippen LogP contribution in [0, 0.1) is 10.1 Å². The van der Waals surface area contributed by atoms with E-state index in [9.17, 15) is 14.9 Å². The number of hydrogen-bond acceptors (Lipinski definition) is 5. The third-order valence-electron chi connectivity index (χ3n) is 3.34. The molecule has 0 saturated carbocycles. The number of nitrogens with zero attached hydrogens (tertiary/aromatic N) is 1. The van der Waals surface area contributed by atoms with Crippen LogP contribution in [-0.2, 0) is 0 Å². The fourth-order valence-electron chi connectivity index (χ4n) is 2.27. The molecular weight excluding hydrogens is 290 g/mol. The van der Waals surface area contributed by atoms with Crippen molar-refractivity contribution in [2.75, 3.05) is 24.2 Å². The van der Waals surface area contributed by atoms with E-state index in [1.54, 1.807) is 12.1 Å². The number of carbonyl (C=O) groups excluding carboxylic acids is 1. The van der Waals surface area contributed by atoms with E-state index in [4.69, 9.17) is 0 Å². The lowest BCUT2D eigenvalue weighted by Crippen LogP contribution is -2.23. The van der Waals surface area contributed by atoms with Gasteiger partial charge in [0, 0.05) is 30.0 Å². The number of nitro groups is 1. The average molecular weight is 309 g/mol. The van der Waals surface area contributed by atoms with Gasteiger partial charge in [-0.2, -0.15) is 11.8 Å². The molecule has 7 heteroatoms. The van der Waals surface area contributed by atoms with Crippen LogP contribution in [0.15, 0.2) is 18.2 Å². The summed E-state index contributed by atoms with van der Waals surface area (Å²) in [5.41, 5.74) is 0.728. The van der Waals surface area contributed by atoms with Crippen LogP contribution in [0.3, 0.4) is 0 Å². The van der Waals surface area contributed by atoms with Crippen molar-refractivity contribution in [2.45, 2.75) is 25.0 Å². The van der Waals surface area contributed by atoms with Crippen molar-refractivity contribution in [3.05, 3.63) is 33.9 Å². The van der Waals surface area contributed by atoms with Gasteiger partial charge < -0.3 is 10.6 Å². The molecule has 1 atom stereocenters. The molecule has 1 fully saturated rings. The summed E-state index contributed by atoms with van der Waals surface area (Å²) in [6.07, 6.45) is 2.34. The zero-order chi connectivity index (χ0) is 15.2. The zero-order valence-electron chi connectivity index (χ0n) is 11.9. The molecule has 1 saturated heterocycles. The van der Waals surface area contributed by atoms with Crippen LogP contribution >= 0.6 is 11.8 Å². The third kappa shape index (κ3) is 4.10. The number of anilines is 1. The van der Waals surface area contributed by atoms with E-state index in [0.717, 1.165) is 12.2 Å². The highest BCUT2D eigenvalue weighted by Crippen LogP contribution is 2.29. The molecule has 0 aromatic heterocycles. The summed E-state index contributed by atoms with van der Waals surface area (Å²) in [6, 6.07) is 4.56. The molecule has 2 rings (SSSR count). The fourth-order valence-corrected chi connectivity index (χ4v) is 3.47. The predicted octanol–water partition coefficient (Wildman–Crippen LogP) is 2.65. The standard InChI is InChI=1S/C14H19N3O3S/c1-2-15-14(18)10-5-6-12(13(8-10)17(19)20)16-9-11-4-3-7-21-11/h5-6,8,11,16H,2-4,7,9H2,1H3,(H,15,18). The van der Waals surface area contributed by atoms with Gasteiger partial charge in [0.25, 0.3) is 11.6 Å². The lowest BCUT2D eigenvalue weighted by atomic mass is 10.1. The molecule has 1 aromatic rings. The van der Waals surface area contributed by atoms with E-state index >= 15 is 0 Å². The van der Waals surface area contributed by atoms with Crippen LogP contribution in [0.5, 0.6) is 0 Å². The van der Waals surface area contributed by atoms with Crippen molar-refractivity contribution in [3.8, 4) is 0 Å². The van der Waals surface area contributed by atoms with Gasteiger partial charge in [-0.1, -0.05) is 0 Å². The molecular formula is C14H19N3O3S. The van der Waals surface area contributed by atoms with Gasteiger partial charge in [-0.25, -0.2) is 0 Å². The van der Waals surface area contributed by atoms with Gasteiger partial charge in [-0.15, -0.1) is 0 Å². The Kier molecular flexibility index (Phi) is 5.44. The topological polar surface area (TPSA) is 84.3 Å². The summed E-state index contributed by atoms with van der Waals surface area (Å²) in [5.74, 6) is 0.864. The van der Waals surface area contributed by atoms with Crippen molar-refractivity contribution in [1.82, 2.24) is 5.32 Å².